The minimum atomic E-state index is 0.182. The van der Waals surface area contributed by atoms with Gasteiger partial charge in [0.1, 0.15) is 5.75 Å². The lowest BCUT2D eigenvalue weighted by atomic mass is 9.33. The lowest BCUT2D eigenvalue weighted by Crippen LogP contribution is -2.61. The van der Waals surface area contributed by atoms with Crippen molar-refractivity contribution < 1.29 is 4.74 Å². The number of fused-ring (bicyclic) bond motifs is 6. The Hall–Kier alpha value is -4.44. The molecule has 9 rings (SSSR count). The molecule has 4 aliphatic rings. The number of benzene rings is 5. The van der Waals surface area contributed by atoms with Crippen LogP contribution in [0.3, 0.4) is 0 Å². The number of nitrogens with zero attached hydrogens (tertiary/aromatic N) is 2. The molecule has 0 atom stereocenters. The van der Waals surface area contributed by atoms with E-state index >= 15 is 0 Å². The first-order valence-electron chi connectivity index (χ1n) is 17.7. The number of rotatable bonds is 3. The fourth-order valence-corrected chi connectivity index (χ4v) is 9.18. The molecule has 0 fully saturated rings. The van der Waals surface area contributed by atoms with Gasteiger partial charge in [0.2, 0.25) is 0 Å². The first-order chi connectivity index (χ1) is 22.9. The van der Waals surface area contributed by atoms with Crippen molar-refractivity contribution in [2.45, 2.75) is 79.1 Å². The molecule has 5 aromatic rings. The van der Waals surface area contributed by atoms with Gasteiger partial charge in [-0.3, -0.25) is 0 Å². The van der Waals surface area contributed by atoms with Gasteiger partial charge in [0.05, 0.1) is 7.11 Å². The Morgan fingerprint density at radius 3 is 1.47 bits per heavy atom. The molecule has 0 aromatic heterocycles. The molecular formula is C43H43BN2O. The Kier molecular flexibility index (Phi) is 6.61. The highest BCUT2D eigenvalue weighted by Crippen LogP contribution is 2.47. The van der Waals surface area contributed by atoms with Crippen molar-refractivity contribution in [2.75, 3.05) is 16.9 Å². The molecule has 0 N–H and O–H groups in total. The average Bonchev–Trinajstić information content (AvgIpc) is 3.07. The van der Waals surface area contributed by atoms with Crippen LogP contribution in [0.5, 0.6) is 5.75 Å². The van der Waals surface area contributed by atoms with Crippen LogP contribution in [-0.2, 0) is 25.7 Å². The molecule has 3 nitrogen and oxygen atoms in total. The van der Waals surface area contributed by atoms with Gasteiger partial charge in [0, 0.05) is 34.1 Å². The summed E-state index contributed by atoms with van der Waals surface area (Å²) in [7, 11) is 1.76. The van der Waals surface area contributed by atoms with Gasteiger partial charge in [-0.1, -0.05) is 29.8 Å². The van der Waals surface area contributed by atoms with Crippen LogP contribution in [0.4, 0.5) is 34.1 Å². The number of hydrogen-bond acceptors (Lipinski definition) is 3. The summed E-state index contributed by atoms with van der Waals surface area (Å²) < 4.78 is 5.67. The van der Waals surface area contributed by atoms with Gasteiger partial charge in [-0.05, 0) is 183 Å². The summed E-state index contributed by atoms with van der Waals surface area (Å²) in [6.45, 7) is 9.17. The normalized spacial score (nSPS) is 15.8. The van der Waals surface area contributed by atoms with Crippen LogP contribution in [0.2, 0.25) is 0 Å². The highest BCUT2D eigenvalue weighted by Gasteiger charge is 2.44. The predicted molar refractivity (Wildman–Crippen MR) is 199 cm³/mol. The molecule has 0 amide bonds. The number of ether oxygens (including phenoxy) is 1. The van der Waals surface area contributed by atoms with Crippen molar-refractivity contribution in [1.29, 1.82) is 0 Å². The van der Waals surface area contributed by atoms with Crippen LogP contribution in [0.1, 0.15) is 70.2 Å². The number of methoxy groups -OCH3 is 1. The lowest BCUT2D eigenvalue weighted by molar-refractivity contribution is 0.414. The Bertz CT molecular complexity index is 2110. The largest absolute Gasteiger partial charge is 0.497 e. The lowest BCUT2D eigenvalue weighted by Gasteiger charge is -2.46. The second-order valence-corrected chi connectivity index (χ2v) is 14.5. The maximum Gasteiger partial charge on any atom is 0.252 e. The van der Waals surface area contributed by atoms with Crippen molar-refractivity contribution >= 4 is 57.2 Å². The van der Waals surface area contributed by atoms with Crippen molar-refractivity contribution in [3.05, 3.63) is 117 Å². The number of aryl methyl sites for hydroxylation is 8. The Morgan fingerprint density at radius 1 is 0.489 bits per heavy atom. The van der Waals surface area contributed by atoms with Crippen LogP contribution < -0.4 is 30.9 Å². The summed E-state index contributed by atoms with van der Waals surface area (Å²) >= 11 is 0. The molecule has 2 heterocycles. The van der Waals surface area contributed by atoms with Gasteiger partial charge in [-0.15, -0.1) is 0 Å². The third-order valence-electron chi connectivity index (χ3n) is 11.4. The molecule has 2 aliphatic carbocycles. The molecular weight excluding hydrogens is 571 g/mol. The first kappa shape index (κ1) is 28.8. The minimum Gasteiger partial charge on any atom is -0.497 e. The summed E-state index contributed by atoms with van der Waals surface area (Å²) in [6, 6.07) is 28.8. The molecule has 4 heteroatoms. The van der Waals surface area contributed by atoms with Crippen molar-refractivity contribution in [1.82, 2.24) is 0 Å². The topological polar surface area (TPSA) is 15.7 Å². The number of hydrogen-bond donors (Lipinski definition) is 0. The van der Waals surface area contributed by atoms with Crippen molar-refractivity contribution in [2.24, 2.45) is 0 Å². The van der Waals surface area contributed by atoms with E-state index in [2.05, 4.69) is 110 Å². The molecule has 234 valence electrons. The highest BCUT2D eigenvalue weighted by molar-refractivity contribution is 7.00. The Labute approximate surface area is 280 Å². The fraction of sp³-hybridized carbons (Fsp3) is 0.302. The summed E-state index contributed by atoms with van der Waals surface area (Å²) in [4.78, 5) is 5.20. The SMILES string of the molecule is COc1ccc(N2c3cc4c(cc3B3c5cc6c(cc5N(c5ccc(C)cc5C)c5cc(C)cc2c53)CCCC6)CCCC4)c(C)c1. The summed E-state index contributed by atoms with van der Waals surface area (Å²) in [5, 5.41) is 0. The third-order valence-corrected chi connectivity index (χ3v) is 11.4. The molecule has 47 heavy (non-hydrogen) atoms. The smallest absolute Gasteiger partial charge is 0.252 e. The van der Waals surface area contributed by atoms with E-state index in [1.807, 2.05) is 0 Å². The second-order valence-electron chi connectivity index (χ2n) is 14.5. The summed E-state index contributed by atoms with van der Waals surface area (Å²) in [5.41, 5.74) is 23.5. The molecule has 0 unspecified atom stereocenters. The molecule has 0 spiro atoms. The monoisotopic (exact) mass is 614 g/mol. The maximum absolute atomic E-state index is 5.67. The molecule has 0 saturated carbocycles. The molecule has 5 aromatic carbocycles. The van der Waals surface area contributed by atoms with Crippen molar-refractivity contribution in [3.8, 4) is 5.75 Å². The van der Waals surface area contributed by atoms with Gasteiger partial charge in [0.15, 0.2) is 0 Å². The summed E-state index contributed by atoms with van der Waals surface area (Å²) in [6.07, 6.45) is 9.82. The van der Waals surface area contributed by atoms with Crippen LogP contribution in [0.15, 0.2) is 72.8 Å². The standard InChI is InChI=1S/C43H43BN2O/c1-26-14-16-37(28(3)18-26)45-39-24-32-12-8-6-10-30(32)22-35(39)44-36-23-31-11-7-9-13-33(31)25-40(36)46(38-17-15-34(47-5)21-29(38)4)42-20-27(2)19-41(45)43(42)44/h14-25H,6-13H2,1-5H3. The zero-order valence-electron chi connectivity index (χ0n) is 28.5. The Balaban J connectivity index is 1.40. The molecule has 0 saturated heterocycles. The molecule has 2 aliphatic heterocycles. The van der Waals surface area contributed by atoms with E-state index < -0.39 is 0 Å². The van der Waals surface area contributed by atoms with Crippen molar-refractivity contribution in [3.63, 3.8) is 0 Å². The zero-order valence-corrected chi connectivity index (χ0v) is 28.5. The van der Waals surface area contributed by atoms with Gasteiger partial charge < -0.3 is 14.5 Å². The average molecular weight is 615 g/mol. The van der Waals surface area contributed by atoms with Gasteiger partial charge in [0.25, 0.3) is 6.71 Å². The highest BCUT2D eigenvalue weighted by atomic mass is 16.5. The van der Waals surface area contributed by atoms with Crippen LogP contribution in [0, 0.1) is 27.7 Å². The van der Waals surface area contributed by atoms with E-state index in [-0.39, 0.29) is 6.71 Å². The molecule has 0 radical (unpaired) electrons. The minimum absolute atomic E-state index is 0.182. The van der Waals surface area contributed by atoms with E-state index in [9.17, 15) is 0 Å². The van der Waals surface area contributed by atoms with Gasteiger partial charge in [-0.2, -0.15) is 0 Å². The van der Waals surface area contributed by atoms with E-state index in [1.54, 1.807) is 18.2 Å². The van der Waals surface area contributed by atoms with E-state index in [0.717, 1.165) is 5.75 Å². The fourth-order valence-electron chi connectivity index (χ4n) is 9.18. The van der Waals surface area contributed by atoms with E-state index in [4.69, 9.17) is 4.74 Å². The van der Waals surface area contributed by atoms with Gasteiger partial charge in [-0.25, -0.2) is 0 Å². The predicted octanol–water partition coefficient (Wildman–Crippen LogP) is 8.77. The third kappa shape index (κ3) is 4.40. The maximum atomic E-state index is 5.67. The van der Waals surface area contributed by atoms with E-state index in [0.29, 0.717) is 0 Å². The quantitative estimate of drug-likeness (QED) is 0.185. The van der Waals surface area contributed by atoms with E-state index in [1.165, 1.54) is 135 Å². The Morgan fingerprint density at radius 2 is 0.979 bits per heavy atom. The first-order valence-corrected chi connectivity index (χ1v) is 17.7. The summed E-state index contributed by atoms with van der Waals surface area (Å²) in [5.74, 6) is 0.901. The van der Waals surface area contributed by atoms with Crippen LogP contribution in [0.25, 0.3) is 0 Å². The van der Waals surface area contributed by atoms with Crippen LogP contribution in [-0.4, -0.2) is 13.8 Å². The second kappa shape index (κ2) is 10.8. The molecule has 0 bridgehead atoms. The zero-order chi connectivity index (χ0) is 32.0. The van der Waals surface area contributed by atoms with Crippen LogP contribution >= 0.6 is 0 Å². The van der Waals surface area contributed by atoms with Gasteiger partial charge >= 0.3 is 0 Å². The number of anilines is 6.